The molecule has 0 aliphatic rings. The van der Waals surface area contributed by atoms with Gasteiger partial charge < -0.3 is 5.32 Å². The van der Waals surface area contributed by atoms with E-state index in [1.165, 1.54) is 16.0 Å². The van der Waals surface area contributed by atoms with Crippen LogP contribution in [0.15, 0.2) is 53.4 Å². The van der Waals surface area contributed by atoms with Gasteiger partial charge in [-0.1, -0.05) is 35.9 Å². The van der Waals surface area contributed by atoms with Gasteiger partial charge in [0.2, 0.25) is 0 Å². The van der Waals surface area contributed by atoms with Crippen molar-refractivity contribution in [3.63, 3.8) is 0 Å². The lowest BCUT2D eigenvalue weighted by Gasteiger charge is -2.14. The van der Waals surface area contributed by atoms with E-state index in [1.54, 1.807) is 11.8 Å². The van der Waals surface area contributed by atoms with Crippen molar-refractivity contribution >= 4 is 23.4 Å². The van der Waals surface area contributed by atoms with E-state index in [4.69, 9.17) is 11.6 Å². The maximum Gasteiger partial charge on any atom is 0.0409 e. The van der Waals surface area contributed by atoms with Crippen LogP contribution in [-0.4, -0.2) is 6.26 Å². The highest BCUT2D eigenvalue weighted by Gasteiger charge is 2.05. The Bertz CT molecular complexity index is 525. The highest BCUT2D eigenvalue weighted by Crippen LogP contribution is 2.18. The molecule has 1 atom stereocenters. The van der Waals surface area contributed by atoms with E-state index in [-0.39, 0.29) is 0 Å². The van der Waals surface area contributed by atoms with E-state index in [0.29, 0.717) is 6.04 Å². The molecule has 0 spiro atoms. The first kappa shape index (κ1) is 14.4. The molecule has 0 saturated carbocycles. The van der Waals surface area contributed by atoms with Crippen LogP contribution in [0.2, 0.25) is 5.02 Å². The molecule has 0 aliphatic heterocycles. The van der Waals surface area contributed by atoms with E-state index in [0.717, 1.165) is 11.6 Å². The molecule has 3 heteroatoms. The summed E-state index contributed by atoms with van der Waals surface area (Å²) < 4.78 is 0. The molecule has 2 aromatic rings. The van der Waals surface area contributed by atoms with E-state index < -0.39 is 0 Å². The molecule has 2 aromatic carbocycles. The van der Waals surface area contributed by atoms with E-state index in [1.807, 2.05) is 18.2 Å². The van der Waals surface area contributed by atoms with Gasteiger partial charge in [0, 0.05) is 22.5 Å². The lowest BCUT2D eigenvalue weighted by molar-refractivity contribution is 0.574. The Hall–Kier alpha value is -0.960. The predicted octanol–water partition coefficient (Wildman–Crippen LogP) is 4.91. The zero-order valence-corrected chi connectivity index (χ0v) is 12.8. The second-order valence-electron chi connectivity index (χ2n) is 4.51. The molecule has 0 saturated heterocycles. The van der Waals surface area contributed by atoms with Crippen molar-refractivity contribution in [2.45, 2.75) is 24.4 Å². The van der Waals surface area contributed by atoms with Gasteiger partial charge in [-0.2, -0.15) is 0 Å². The second-order valence-corrected chi connectivity index (χ2v) is 5.82. The van der Waals surface area contributed by atoms with E-state index >= 15 is 0 Å². The molecular formula is C16H18ClNS. The largest absolute Gasteiger partial charge is 0.306 e. The third-order valence-corrected chi connectivity index (χ3v) is 4.10. The second kappa shape index (κ2) is 6.99. The molecular weight excluding hydrogens is 274 g/mol. The molecule has 2 rings (SSSR count). The van der Waals surface area contributed by atoms with Crippen LogP contribution in [0.1, 0.15) is 24.1 Å². The molecule has 1 nitrogen and oxygen atoms in total. The number of hydrogen-bond donors (Lipinski definition) is 1. The Kier molecular flexibility index (Phi) is 5.32. The topological polar surface area (TPSA) is 12.0 Å². The predicted molar refractivity (Wildman–Crippen MR) is 84.9 cm³/mol. The molecule has 0 amide bonds. The summed E-state index contributed by atoms with van der Waals surface area (Å²) in [7, 11) is 0. The Morgan fingerprint density at radius 3 is 2.53 bits per heavy atom. The number of benzene rings is 2. The Morgan fingerprint density at radius 2 is 1.89 bits per heavy atom. The average molecular weight is 292 g/mol. The van der Waals surface area contributed by atoms with Crippen LogP contribution in [0, 0.1) is 0 Å². The van der Waals surface area contributed by atoms with Gasteiger partial charge in [-0.25, -0.2) is 0 Å². The third-order valence-electron chi connectivity index (χ3n) is 3.12. The van der Waals surface area contributed by atoms with Crippen LogP contribution in [0.3, 0.4) is 0 Å². The van der Waals surface area contributed by atoms with Gasteiger partial charge in [-0.3, -0.25) is 0 Å². The summed E-state index contributed by atoms with van der Waals surface area (Å²) in [6.07, 6.45) is 2.09. The standard InChI is InChI=1S/C16H18ClNS/c1-12(14-4-3-5-15(17)10-14)18-11-13-6-8-16(19-2)9-7-13/h3-10,12,18H,11H2,1-2H3/t12-/m0/s1. The summed E-state index contributed by atoms with van der Waals surface area (Å²) in [5.41, 5.74) is 2.51. The summed E-state index contributed by atoms with van der Waals surface area (Å²) in [4.78, 5) is 1.30. The molecule has 0 aromatic heterocycles. The Morgan fingerprint density at radius 1 is 1.16 bits per heavy atom. The van der Waals surface area contributed by atoms with Crippen molar-refractivity contribution < 1.29 is 0 Å². The van der Waals surface area contributed by atoms with E-state index in [2.05, 4.69) is 48.8 Å². The SMILES string of the molecule is CSc1ccc(CN[C@@H](C)c2cccc(Cl)c2)cc1. The number of nitrogens with one attached hydrogen (secondary N) is 1. The van der Waals surface area contributed by atoms with Crippen LogP contribution >= 0.6 is 23.4 Å². The quantitative estimate of drug-likeness (QED) is 0.785. The maximum atomic E-state index is 6.01. The first-order valence-corrected chi connectivity index (χ1v) is 7.91. The smallest absolute Gasteiger partial charge is 0.0409 e. The number of halogens is 1. The monoisotopic (exact) mass is 291 g/mol. The molecule has 0 radical (unpaired) electrons. The zero-order chi connectivity index (χ0) is 13.7. The van der Waals surface area contributed by atoms with Gasteiger partial charge in [0.15, 0.2) is 0 Å². The van der Waals surface area contributed by atoms with Gasteiger partial charge >= 0.3 is 0 Å². The first-order valence-electron chi connectivity index (χ1n) is 6.31. The summed E-state index contributed by atoms with van der Waals surface area (Å²) in [6, 6.07) is 16.9. The lowest BCUT2D eigenvalue weighted by atomic mass is 10.1. The van der Waals surface area contributed by atoms with Gasteiger partial charge in [-0.05, 0) is 48.6 Å². The minimum Gasteiger partial charge on any atom is -0.306 e. The zero-order valence-electron chi connectivity index (χ0n) is 11.2. The Labute approximate surface area is 124 Å². The van der Waals surface area contributed by atoms with Gasteiger partial charge in [-0.15, -0.1) is 11.8 Å². The highest BCUT2D eigenvalue weighted by molar-refractivity contribution is 7.98. The van der Waals surface area contributed by atoms with Crippen molar-refractivity contribution in [2.75, 3.05) is 6.26 Å². The molecule has 0 bridgehead atoms. The van der Waals surface area contributed by atoms with Crippen LogP contribution in [0.5, 0.6) is 0 Å². The lowest BCUT2D eigenvalue weighted by Crippen LogP contribution is -2.17. The maximum absolute atomic E-state index is 6.01. The molecule has 1 N–H and O–H groups in total. The van der Waals surface area contributed by atoms with Crippen LogP contribution in [-0.2, 0) is 6.54 Å². The van der Waals surface area contributed by atoms with Crippen LogP contribution in [0.4, 0.5) is 0 Å². The molecule has 19 heavy (non-hydrogen) atoms. The third kappa shape index (κ3) is 4.27. The fourth-order valence-electron chi connectivity index (χ4n) is 1.91. The number of hydrogen-bond acceptors (Lipinski definition) is 2. The van der Waals surface area contributed by atoms with Crippen LogP contribution < -0.4 is 5.32 Å². The van der Waals surface area contributed by atoms with E-state index in [9.17, 15) is 0 Å². The molecule has 0 aliphatic carbocycles. The van der Waals surface area contributed by atoms with Crippen molar-refractivity contribution in [3.05, 3.63) is 64.7 Å². The fraction of sp³-hybridized carbons (Fsp3) is 0.250. The van der Waals surface area contributed by atoms with Gasteiger partial charge in [0.25, 0.3) is 0 Å². The van der Waals surface area contributed by atoms with Crippen molar-refractivity contribution in [1.82, 2.24) is 5.32 Å². The van der Waals surface area contributed by atoms with Gasteiger partial charge in [0.05, 0.1) is 0 Å². The number of thioether (sulfide) groups is 1. The molecule has 100 valence electrons. The van der Waals surface area contributed by atoms with Crippen molar-refractivity contribution in [2.24, 2.45) is 0 Å². The fourth-order valence-corrected chi connectivity index (χ4v) is 2.52. The first-order chi connectivity index (χ1) is 9.19. The minimum atomic E-state index is 0.291. The van der Waals surface area contributed by atoms with Crippen LogP contribution in [0.25, 0.3) is 0 Å². The normalized spacial score (nSPS) is 12.4. The van der Waals surface area contributed by atoms with Crippen molar-refractivity contribution in [1.29, 1.82) is 0 Å². The molecule has 0 unspecified atom stereocenters. The summed E-state index contributed by atoms with van der Waals surface area (Å²) in [6.45, 7) is 3.02. The molecule has 0 fully saturated rings. The average Bonchev–Trinajstić information content (AvgIpc) is 2.45. The van der Waals surface area contributed by atoms with Gasteiger partial charge in [0.1, 0.15) is 0 Å². The highest BCUT2D eigenvalue weighted by atomic mass is 35.5. The molecule has 0 heterocycles. The summed E-state index contributed by atoms with van der Waals surface area (Å²) >= 11 is 7.77. The Balaban J connectivity index is 1.94. The summed E-state index contributed by atoms with van der Waals surface area (Å²) in [5, 5.41) is 4.30. The van der Waals surface area contributed by atoms with Crippen molar-refractivity contribution in [3.8, 4) is 0 Å². The number of rotatable bonds is 5. The summed E-state index contributed by atoms with van der Waals surface area (Å²) in [5.74, 6) is 0. The minimum absolute atomic E-state index is 0.291.